The lowest BCUT2D eigenvalue weighted by Crippen LogP contribution is -2.47. The van der Waals surface area contributed by atoms with E-state index >= 15 is 0 Å². The highest BCUT2D eigenvalue weighted by Crippen LogP contribution is 2.52. The largest absolute Gasteiger partial charge is 0.448 e. The van der Waals surface area contributed by atoms with Gasteiger partial charge >= 0.3 is 0 Å². The van der Waals surface area contributed by atoms with Gasteiger partial charge in [0, 0.05) is 59.5 Å². The Kier molecular flexibility index (Phi) is 7.67. The van der Waals surface area contributed by atoms with E-state index in [0.717, 1.165) is 36.3 Å². The molecule has 0 radical (unpaired) electrons. The van der Waals surface area contributed by atoms with Gasteiger partial charge in [-0.3, -0.25) is 9.59 Å². The Hall–Kier alpha value is -2.30. The van der Waals surface area contributed by atoms with Crippen LogP contribution < -0.4 is 20.3 Å². The third kappa shape index (κ3) is 5.65. The first-order valence-corrected chi connectivity index (χ1v) is 14.8. The normalized spacial score (nSPS) is 25.8. The number of H-pyrrole nitrogens is 1. The number of carbonyl (C=O) groups is 1. The smallest absolute Gasteiger partial charge is 0.254 e. The molecule has 1 aromatic heterocycles. The standard InChI is InChI=1S/C28H33ClF2N2O5S/c1-14-9-22(39-4)20(26(35)33-14)13-32-25(34)19-10-21(29)24-23(15(19)2)37-27(3,38-24)16-5-7-17(8-6-16)36-18-11-28(30,31)12-18/h9-10,16-18H,5-8,11-13H2,1-4H3,(H,32,34)(H,33,35). The van der Waals surface area contributed by atoms with Crippen LogP contribution in [0.1, 0.15) is 72.6 Å². The van der Waals surface area contributed by atoms with Gasteiger partial charge < -0.3 is 24.5 Å². The van der Waals surface area contributed by atoms with E-state index in [1.54, 1.807) is 13.0 Å². The summed E-state index contributed by atoms with van der Waals surface area (Å²) in [5.41, 5.74) is 1.95. The number of pyridine rings is 1. The molecule has 212 valence electrons. The van der Waals surface area contributed by atoms with Gasteiger partial charge in [-0.25, -0.2) is 8.78 Å². The van der Waals surface area contributed by atoms with E-state index in [1.807, 2.05) is 26.2 Å². The van der Waals surface area contributed by atoms with Gasteiger partial charge in [-0.1, -0.05) is 11.6 Å². The van der Waals surface area contributed by atoms with Crippen LogP contribution in [0, 0.1) is 19.8 Å². The van der Waals surface area contributed by atoms with Crippen LogP contribution in [0.15, 0.2) is 21.8 Å². The molecular weight excluding hydrogens is 550 g/mol. The van der Waals surface area contributed by atoms with Gasteiger partial charge in [-0.05, 0) is 57.9 Å². The summed E-state index contributed by atoms with van der Waals surface area (Å²) in [6, 6.07) is 3.44. The highest BCUT2D eigenvalue weighted by atomic mass is 35.5. The summed E-state index contributed by atoms with van der Waals surface area (Å²) in [5, 5.41) is 3.11. The topological polar surface area (TPSA) is 89.7 Å². The van der Waals surface area contributed by atoms with Crippen molar-refractivity contribution >= 4 is 29.3 Å². The number of alkyl halides is 2. The van der Waals surface area contributed by atoms with Crippen molar-refractivity contribution in [1.29, 1.82) is 0 Å². The Morgan fingerprint density at radius 1 is 1.15 bits per heavy atom. The van der Waals surface area contributed by atoms with Crippen molar-refractivity contribution < 1.29 is 27.8 Å². The van der Waals surface area contributed by atoms with Crippen molar-refractivity contribution in [2.45, 2.75) is 94.7 Å². The number of thioether (sulfide) groups is 1. The van der Waals surface area contributed by atoms with Gasteiger partial charge in [0.15, 0.2) is 11.5 Å². The maximum atomic E-state index is 13.2. The number of aryl methyl sites for hydroxylation is 1. The van der Waals surface area contributed by atoms with Gasteiger partial charge in [0.2, 0.25) is 0 Å². The van der Waals surface area contributed by atoms with Crippen LogP contribution in [0.4, 0.5) is 8.78 Å². The monoisotopic (exact) mass is 582 g/mol. The highest BCUT2D eigenvalue weighted by molar-refractivity contribution is 7.98. The average Bonchev–Trinajstić information content (AvgIpc) is 3.24. The maximum absolute atomic E-state index is 13.2. The lowest BCUT2D eigenvalue weighted by atomic mass is 9.81. The summed E-state index contributed by atoms with van der Waals surface area (Å²) in [4.78, 5) is 29.2. The lowest BCUT2D eigenvalue weighted by molar-refractivity contribution is -0.192. The molecule has 5 rings (SSSR count). The Labute approximate surface area is 235 Å². The second-order valence-corrected chi connectivity index (χ2v) is 12.2. The Morgan fingerprint density at radius 3 is 2.46 bits per heavy atom. The molecule has 0 saturated heterocycles. The van der Waals surface area contributed by atoms with E-state index in [2.05, 4.69) is 10.3 Å². The minimum absolute atomic E-state index is 0.0391. The number of aromatic nitrogens is 1. The minimum atomic E-state index is -2.59. The molecule has 2 aliphatic carbocycles. The summed E-state index contributed by atoms with van der Waals surface area (Å²) < 4.78 is 44.8. The van der Waals surface area contributed by atoms with E-state index in [1.165, 1.54) is 11.8 Å². The van der Waals surface area contributed by atoms with Crippen molar-refractivity contribution in [2.24, 2.45) is 5.92 Å². The first-order valence-electron chi connectivity index (χ1n) is 13.2. The zero-order chi connectivity index (χ0) is 28.1. The second-order valence-electron chi connectivity index (χ2n) is 10.9. The Morgan fingerprint density at radius 2 is 1.82 bits per heavy atom. The number of ether oxygens (including phenoxy) is 3. The van der Waals surface area contributed by atoms with Gasteiger partial charge in [0.1, 0.15) is 0 Å². The Balaban J connectivity index is 1.25. The highest BCUT2D eigenvalue weighted by Gasteiger charge is 2.50. The number of hydrogen-bond donors (Lipinski definition) is 2. The van der Waals surface area contributed by atoms with E-state index in [0.29, 0.717) is 28.2 Å². The predicted molar refractivity (Wildman–Crippen MR) is 145 cm³/mol. The van der Waals surface area contributed by atoms with E-state index in [-0.39, 0.29) is 54.0 Å². The molecular formula is C28H33ClF2N2O5S. The number of halogens is 3. The average molecular weight is 583 g/mol. The fourth-order valence-electron chi connectivity index (χ4n) is 5.75. The molecule has 2 saturated carbocycles. The molecule has 0 spiro atoms. The number of fused-ring (bicyclic) bond motifs is 1. The van der Waals surface area contributed by atoms with Crippen LogP contribution in [0.25, 0.3) is 0 Å². The molecule has 7 nitrogen and oxygen atoms in total. The molecule has 39 heavy (non-hydrogen) atoms. The molecule has 1 amide bonds. The van der Waals surface area contributed by atoms with Gasteiger partial charge in [-0.15, -0.1) is 11.8 Å². The Bertz CT molecular complexity index is 1340. The van der Waals surface area contributed by atoms with Crippen molar-refractivity contribution in [2.75, 3.05) is 6.26 Å². The fourth-order valence-corrected chi connectivity index (χ4v) is 6.69. The fraction of sp³-hybridized carbons (Fsp3) is 0.571. The van der Waals surface area contributed by atoms with Crippen molar-refractivity contribution in [3.8, 4) is 11.5 Å². The van der Waals surface area contributed by atoms with E-state index in [9.17, 15) is 18.4 Å². The minimum Gasteiger partial charge on any atom is -0.448 e. The molecule has 1 atom stereocenters. The molecule has 1 unspecified atom stereocenters. The third-order valence-electron chi connectivity index (χ3n) is 8.02. The number of nitrogens with one attached hydrogen (secondary N) is 2. The number of benzene rings is 1. The molecule has 11 heteroatoms. The molecule has 1 aromatic carbocycles. The van der Waals surface area contributed by atoms with Gasteiger partial charge in [0.25, 0.3) is 23.2 Å². The van der Waals surface area contributed by atoms with Crippen LogP contribution in [0.5, 0.6) is 11.5 Å². The summed E-state index contributed by atoms with van der Waals surface area (Å²) in [6.45, 7) is 5.53. The molecule has 3 aliphatic rings. The summed E-state index contributed by atoms with van der Waals surface area (Å²) >= 11 is 8.01. The maximum Gasteiger partial charge on any atom is 0.254 e. The van der Waals surface area contributed by atoms with E-state index in [4.69, 9.17) is 25.8 Å². The zero-order valence-electron chi connectivity index (χ0n) is 22.4. The van der Waals surface area contributed by atoms with Crippen molar-refractivity contribution in [3.63, 3.8) is 0 Å². The van der Waals surface area contributed by atoms with Crippen molar-refractivity contribution in [3.05, 3.63) is 49.9 Å². The number of aromatic amines is 1. The van der Waals surface area contributed by atoms with Gasteiger partial charge in [0.05, 0.1) is 17.2 Å². The number of rotatable bonds is 7. The van der Waals surface area contributed by atoms with Crippen LogP contribution in [0.2, 0.25) is 5.02 Å². The zero-order valence-corrected chi connectivity index (χ0v) is 24.0. The molecule has 2 aromatic rings. The number of hydrogen-bond acceptors (Lipinski definition) is 6. The molecule has 2 fully saturated rings. The number of amides is 1. The third-order valence-corrected chi connectivity index (χ3v) is 9.11. The lowest BCUT2D eigenvalue weighted by Gasteiger charge is -2.41. The number of carbonyl (C=O) groups excluding carboxylic acids is 1. The van der Waals surface area contributed by atoms with Crippen LogP contribution in [0.3, 0.4) is 0 Å². The molecule has 2 N–H and O–H groups in total. The van der Waals surface area contributed by atoms with Crippen LogP contribution in [-0.2, 0) is 11.3 Å². The van der Waals surface area contributed by atoms with Crippen LogP contribution >= 0.6 is 23.4 Å². The summed E-state index contributed by atoms with van der Waals surface area (Å²) in [6.07, 6.45) is 4.08. The second kappa shape index (κ2) is 10.6. The predicted octanol–water partition coefficient (Wildman–Crippen LogP) is 6.16. The first kappa shape index (κ1) is 28.2. The van der Waals surface area contributed by atoms with E-state index < -0.39 is 11.7 Å². The SMILES string of the molecule is CSc1cc(C)[nH]c(=O)c1CNC(=O)c1cc(Cl)c2c(c1C)OC(C)(C1CCC(OC3CC(F)(F)C3)CC1)O2. The summed E-state index contributed by atoms with van der Waals surface area (Å²) in [7, 11) is 0. The van der Waals surface area contributed by atoms with Crippen molar-refractivity contribution in [1.82, 2.24) is 10.3 Å². The first-order chi connectivity index (χ1) is 18.4. The molecule has 2 heterocycles. The molecule has 1 aliphatic heterocycles. The summed E-state index contributed by atoms with van der Waals surface area (Å²) in [5.74, 6) is -3.05. The van der Waals surface area contributed by atoms with Gasteiger partial charge in [-0.2, -0.15) is 0 Å². The quantitative estimate of drug-likeness (QED) is 0.380. The van der Waals surface area contributed by atoms with Crippen LogP contribution in [-0.4, -0.2) is 41.1 Å². The molecule has 0 bridgehead atoms.